The highest BCUT2D eigenvalue weighted by Gasteiger charge is 2.26. The maximum absolute atomic E-state index is 11.7. The van der Waals surface area contributed by atoms with E-state index in [9.17, 15) is 4.79 Å². The lowest BCUT2D eigenvalue weighted by Crippen LogP contribution is -2.43. The van der Waals surface area contributed by atoms with Crippen molar-refractivity contribution in [3.8, 4) is 0 Å². The summed E-state index contributed by atoms with van der Waals surface area (Å²) in [5, 5.41) is 3.35. The van der Waals surface area contributed by atoms with Gasteiger partial charge in [-0.2, -0.15) is 0 Å². The predicted molar refractivity (Wildman–Crippen MR) is 64.4 cm³/mol. The van der Waals surface area contributed by atoms with Crippen molar-refractivity contribution in [3.05, 3.63) is 0 Å². The van der Waals surface area contributed by atoms with Gasteiger partial charge < -0.3 is 10.1 Å². The zero-order valence-corrected chi connectivity index (χ0v) is 10.5. The number of carbonyl (C=O) groups is 1. The number of nitrogens with zero attached hydrogens (tertiary/aromatic N) is 1. The van der Waals surface area contributed by atoms with E-state index in [0.29, 0.717) is 0 Å². The molecule has 94 valence electrons. The quantitative estimate of drug-likeness (QED) is 0.713. The van der Waals surface area contributed by atoms with Gasteiger partial charge in [0.25, 0.3) is 0 Å². The molecule has 0 saturated carbocycles. The molecule has 1 aliphatic rings. The molecule has 1 atom stereocenters. The second-order valence-corrected chi connectivity index (χ2v) is 4.32. The summed E-state index contributed by atoms with van der Waals surface area (Å²) in [5.41, 5.74) is 0. The highest BCUT2D eigenvalue weighted by atomic mass is 16.5. The van der Waals surface area contributed by atoms with Crippen molar-refractivity contribution >= 4 is 5.97 Å². The first-order chi connectivity index (χ1) is 7.79. The van der Waals surface area contributed by atoms with E-state index in [1.807, 2.05) is 0 Å². The Labute approximate surface area is 98.3 Å². The number of methoxy groups -OCH3 is 1. The van der Waals surface area contributed by atoms with Crippen LogP contribution in [0.2, 0.25) is 0 Å². The number of unbranched alkanes of at least 4 members (excludes halogenated alkanes) is 1. The molecule has 1 rings (SSSR count). The lowest BCUT2D eigenvalue weighted by Gasteiger charge is -2.28. The van der Waals surface area contributed by atoms with E-state index < -0.39 is 0 Å². The van der Waals surface area contributed by atoms with Gasteiger partial charge in [0.05, 0.1) is 7.11 Å². The van der Waals surface area contributed by atoms with Crippen LogP contribution < -0.4 is 5.32 Å². The van der Waals surface area contributed by atoms with Crippen LogP contribution in [0.4, 0.5) is 0 Å². The Kier molecular flexibility index (Phi) is 6.42. The molecule has 0 aromatic carbocycles. The van der Waals surface area contributed by atoms with Crippen LogP contribution >= 0.6 is 0 Å². The van der Waals surface area contributed by atoms with Crippen LogP contribution in [0.25, 0.3) is 0 Å². The first kappa shape index (κ1) is 13.5. The second kappa shape index (κ2) is 7.63. The molecule has 1 unspecified atom stereocenters. The van der Waals surface area contributed by atoms with Gasteiger partial charge in [-0.05, 0) is 19.4 Å². The fourth-order valence-corrected chi connectivity index (χ4v) is 2.16. The van der Waals surface area contributed by atoms with Gasteiger partial charge in [-0.15, -0.1) is 0 Å². The molecule has 0 spiro atoms. The molecule has 0 amide bonds. The van der Waals surface area contributed by atoms with Gasteiger partial charge in [-0.3, -0.25) is 9.69 Å². The maximum atomic E-state index is 11.7. The number of rotatable bonds is 5. The van der Waals surface area contributed by atoms with Gasteiger partial charge in [0.2, 0.25) is 0 Å². The standard InChI is InChI=1S/C12H24N2O2/c1-3-4-6-11(12(15)16-2)14-9-5-7-13-8-10-14/h11,13H,3-10H2,1-2H3. The summed E-state index contributed by atoms with van der Waals surface area (Å²) >= 11 is 0. The van der Waals surface area contributed by atoms with Crippen LogP contribution in [0.5, 0.6) is 0 Å². The van der Waals surface area contributed by atoms with Crippen molar-refractivity contribution in [1.82, 2.24) is 10.2 Å². The third-order valence-electron chi connectivity index (χ3n) is 3.12. The minimum absolute atomic E-state index is 0.0372. The molecular weight excluding hydrogens is 204 g/mol. The van der Waals surface area contributed by atoms with Crippen LogP contribution in [-0.2, 0) is 9.53 Å². The molecule has 1 fully saturated rings. The van der Waals surface area contributed by atoms with Gasteiger partial charge in [-0.25, -0.2) is 0 Å². The third kappa shape index (κ3) is 4.10. The molecule has 0 aromatic heterocycles. The molecule has 0 aromatic rings. The summed E-state index contributed by atoms with van der Waals surface area (Å²) in [6.07, 6.45) is 4.24. The molecule has 0 radical (unpaired) electrons. The molecule has 0 bridgehead atoms. The van der Waals surface area contributed by atoms with Crippen LogP contribution in [0.3, 0.4) is 0 Å². The molecule has 16 heavy (non-hydrogen) atoms. The van der Waals surface area contributed by atoms with E-state index in [2.05, 4.69) is 17.1 Å². The van der Waals surface area contributed by atoms with E-state index in [1.165, 1.54) is 7.11 Å². The van der Waals surface area contributed by atoms with Gasteiger partial charge in [0, 0.05) is 19.6 Å². The summed E-state index contributed by atoms with van der Waals surface area (Å²) < 4.78 is 4.90. The molecular formula is C12H24N2O2. The fraction of sp³-hybridized carbons (Fsp3) is 0.917. The van der Waals surface area contributed by atoms with E-state index in [1.54, 1.807) is 0 Å². The SMILES string of the molecule is CCCCC(C(=O)OC)N1CCCNCC1. The molecule has 1 aliphatic heterocycles. The maximum Gasteiger partial charge on any atom is 0.323 e. The average Bonchev–Trinajstić information content (AvgIpc) is 2.58. The minimum atomic E-state index is -0.0737. The number of esters is 1. The van der Waals surface area contributed by atoms with Gasteiger partial charge in [0.1, 0.15) is 6.04 Å². The molecule has 1 saturated heterocycles. The normalized spacial score (nSPS) is 20.1. The first-order valence-corrected chi connectivity index (χ1v) is 6.32. The number of hydrogen-bond donors (Lipinski definition) is 1. The summed E-state index contributed by atoms with van der Waals surface area (Å²) in [5.74, 6) is -0.0737. The largest absolute Gasteiger partial charge is 0.468 e. The smallest absolute Gasteiger partial charge is 0.323 e. The minimum Gasteiger partial charge on any atom is -0.468 e. The summed E-state index contributed by atoms with van der Waals surface area (Å²) in [7, 11) is 1.48. The predicted octanol–water partition coefficient (Wildman–Crippen LogP) is 1.01. The van der Waals surface area contributed by atoms with Crippen LogP contribution in [-0.4, -0.2) is 50.2 Å². The number of nitrogens with one attached hydrogen (secondary N) is 1. The Morgan fingerprint density at radius 3 is 2.94 bits per heavy atom. The van der Waals surface area contributed by atoms with Crippen molar-refractivity contribution in [2.45, 2.75) is 38.6 Å². The van der Waals surface area contributed by atoms with E-state index in [-0.39, 0.29) is 12.0 Å². The van der Waals surface area contributed by atoms with E-state index >= 15 is 0 Å². The van der Waals surface area contributed by atoms with Crippen LogP contribution in [0.1, 0.15) is 32.6 Å². The lowest BCUT2D eigenvalue weighted by atomic mass is 10.1. The van der Waals surface area contributed by atoms with Crippen LogP contribution in [0, 0.1) is 0 Å². The molecule has 1 heterocycles. The monoisotopic (exact) mass is 228 g/mol. The first-order valence-electron chi connectivity index (χ1n) is 6.32. The Bertz CT molecular complexity index is 201. The van der Waals surface area contributed by atoms with Crippen molar-refractivity contribution < 1.29 is 9.53 Å². The van der Waals surface area contributed by atoms with Gasteiger partial charge in [-0.1, -0.05) is 19.8 Å². The zero-order chi connectivity index (χ0) is 11.8. The highest BCUT2D eigenvalue weighted by Crippen LogP contribution is 2.12. The van der Waals surface area contributed by atoms with Crippen molar-refractivity contribution in [3.63, 3.8) is 0 Å². The molecule has 0 aliphatic carbocycles. The van der Waals surface area contributed by atoms with E-state index in [4.69, 9.17) is 4.74 Å². The third-order valence-corrected chi connectivity index (χ3v) is 3.12. The Morgan fingerprint density at radius 2 is 2.25 bits per heavy atom. The summed E-state index contributed by atoms with van der Waals surface area (Å²) in [6, 6.07) is -0.0372. The topological polar surface area (TPSA) is 41.6 Å². The molecule has 1 N–H and O–H groups in total. The fourth-order valence-electron chi connectivity index (χ4n) is 2.16. The number of carbonyl (C=O) groups excluding carboxylic acids is 1. The highest BCUT2D eigenvalue weighted by molar-refractivity contribution is 5.75. The Morgan fingerprint density at radius 1 is 1.44 bits per heavy atom. The zero-order valence-electron chi connectivity index (χ0n) is 10.5. The van der Waals surface area contributed by atoms with Gasteiger partial charge in [0.15, 0.2) is 0 Å². The Balaban J connectivity index is 2.54. The van der Waals surface area contributed by atoms with Crippen LogP contribution in [0.15, 0.2) is 0 Å². The summed E-state index contributed by atoms with van der Waals surface area (Å²) in [6.45, 7) is 6.12. The number of hydrogen-bond acceptors (Lipinski definition) is 4. The molecule has 4 nitrogen and oxygen atoms in total. The second-order valence-electron chi connectivity index (χ2n) is 4.32. The molecule has 4 heteroatoms. The van der Waals surface area contributed by atoms with Crippen molar-refractivity contribution in [1.29, 1.82) is 0 Å². The van der Waals surface area contributed by atoms with Crippen molar-refractivity contribution in [2.24, 2.45) is 0 Å². The Hall–Kier alpha value is -0.610. The van der Waals surface area contributed by atoms with Gasteiger partial charge >= 0.3 is 5.97 Å². The van der Waals surface area contributed by atoms with Crippen molar-refractivity contribution in [2.75, 3.05) is 33.3 Å². The summed E-state index contributed by atoms with van der Waals surface area (Å²) in [4.78, 5) is 14.0. The average molecular weight is 228 g/mol. The lowest BCUT2D eigenvalue weighted by molar-refractivity contribution is -0.147. The number of ether oxygens (including phenoxy) is 1. The van der Waals surface area contributed by atoms with E-state index in [0.717, 1.165) is 51.9 Å².